The van der Waals surface area contributed by atoms with Crippen LogP contribution in [0.1, 0.15) is 52.9 Å². The average molecular weight is 487 g/mol. The molecule has 0 amide bonds. The van der Waals surface area contributed by atoms with Gasteiger partial charge in [0.25, 0.3) is 0 Å². The Balaban J connectivity index is 1.83. The van der Waals surface area contributed by atoms with Crippen LogP contribution in [-0.2, 0) is 19.1 Å². The molecule has 182 valence electrons. The van der Waals surface area contributed by atoms with Crippen LogP contribution in [0.3, 0.4) is 0 Å². The Bertz CT molecular complexity index is 952. The van der Waals surface area contributed by atoms with Gasteiger partial charge >= 0.3 is 5.97 Å². The number of fused-ring (bicyclic) bond motifs is 5. The highest BCUT2D eigenvalue weighted by atomic mass is 32.2. The Kier molecular flexibility index (Phi) is 5.92. The fourth-order valence-corrected chi connectivity index (χ4v) is 7.88. The molecule has 0 spiro atoms. The van der Waals surface area contributed by atoms with Gasteiger partial charge in [0.1, 0.15) is 12.2 Å². The lowest BCUT2D eigenvalue weighted by atomic mass is 9.44. The summed E-state index contributed by atoms with van der Waals surface area (Å²) in [6.45, 7) is 4.73. The van der Waals surface area contributed by atoms with E-state index in [1.54, 1.807) is 13.8 Å². The van der Waals surface area contributed by atoms with E-state index >= 15 is 8.78 Å². The normalized spacial score (nSPS) is 46.2. The largest absolute Gasteiger partial charge is 0.449 e. The molecule has 0 radical (unpaired) electrons. The molecule has 0 aromatic rings. The van der Waals surface area contributed by atoms with E-state index < -0.39 is 69.1 Å². The minimum Gasteiger partial charge on any atom is -0.449 e. The number of esters is 1. The predicted octanol–water partition coefficient (Wildman–Crippen LogP) is 4.18. The Morgan fingerprint density at radius 3 is 2.64 bits per heavy atom. The van der Waals surface area contributed by atoms with E-state index in [0.717, 1.165) is 6.08 Å². The van der Waals surface area contributed by atoms with E-state index in [9.17, 15) is 23.9 Å². The molecule has 0 aromatic carbocycles. The predicted molar refractivity (Wildman–Crippen MR) is 116 cm³/mol. The summed E-state index contributed by atoms with van der Waals surface area (Å²) in [7, 11) is 0. The van der Waals surface area contributed by atoms with Crippen molar-refractivity contribution in [3.8, 4) is 0 Å². The summed E-state index contributed by atoms with van der Waals surface area (Å²) in [6, 6.07) is -1.01. The zero-order valence-corrected chi connectivity index (χ0v) is 19.7. The molecule has 3 saturated carbocycles. The third-order valence-corrected chi connectivity index (χ3v) is 9.54. The van der Waals surface area contributed by atoms with Gasteiger partial charge in [0.2, 0.25) is 5.12 Å². The molecule has 0 aromatic heterocycles. The van der Waals surface area contributed by atoms with Crippen LogP contribution in [0.15, 0.2) is 23.8 Å². The monoisotopic (exact) mass is 486 g/mol. The lowest BCUT2D eigenvalue weighted by Crippen LogP contribution is -2.70. The van der Waals surface area contributed by atoms with E-state index in [2.05, 4.69) is 0 Å². The first-order valence-electron chi connectivity index (χ1n) is 11.3. The number of carbonyl (C=O) groups excluding carboxylic acids is 3. The van der Waals surface area contributed by atoms with Gasteiger partial charge in [-0.05, 0) is 68.0 Å². The van der Waals surface area contributed by atoms with Crippen LogP contribution >= 0.6 is 11.8 Å². The van der Waals surface area contributed by atoms with Crippen molar-refractivity contribution in [1.29, 1.82) is 0 Å². The second-order valence-electron chi connectivity index (χ2n) is 10.1. The topological polar surface area (TPSA) is 80.7 Å². The van der Waals surface area contributed by atoms with Gasteiger partial charge < -0.3 is 9.84 Å². The van der Waals surface area contributed by atoms with Gasteiger partial charge in [0.05, 0.1) is 6.10 Å². The Labute approximate surface area is 195 Å². The summed E-state index contributed by atoms with van der Waals surface area (Å²) < 4.78 is 51.4. The number of thioether (sulfide) groups is 1. The number of hydrogen-bond donors (Lipinski definition) is 1. The second-order valence-corrected chi connectivity index (χ2v) is 11.0. The number of aliphatic hydroxyl groups excluding tert-OH is 1. The molecule has 4 unspecified atom stereocenters. The quantitative estimate of drug-likeness (QED) is 0.601. The highest BCUT2D eigenvalue weighted by Gasteiger charge is 2.76. The fourth-order valence-electron chi connectivity index (χ4n) is 7.17. The Morgan fingerprint density at radius 1 is 1.30 bits per heavy atom. The summed E-state index contributed by atoms with van der Waals surface area (Å²) in [5.41, 5.74) is -6.74. The van der Waals surface area contributed by atoms with Crippen molar-refractivity contribution in [3.05, 3.63) is 23.8 Å². The molecule has 3 fully saturated rings. The van der Waals surface area contributed by atoms with Crippen LogP contribution in [0.5, 0.6) is 0 Å². The molecular formula is C24H29F3O5S. The lowest BCUT2D eigenvalue weighted by Gasteiger charge is -2.63. The van der Waals surface area contributed by atoms with Crippen LogP contribution in [0, 0.1) is 22.7 Å². The molecule has 0 bridgehead atoms. The minimum atomic E-state index is -2.29. The van der Waals surface area contributed by atoms with Gasteiger partial charge in [-0.3, -0.25) is 14.4 Å². The van der Waals surface area contributed by atoms with E-state index in [-0.39, 0.29) is 37.7 Å². The maximum Gasteiger partial charge on any atom is 0.306 e. The van der Waals surface area contributed by atoms with Crippen molar-refractivity contribution in [3.63, 3.8) is 0 Å². The van der Waals surface area contributed by atoms with Crippen LogP contribution in [-0.4, -0.2) is 51.5 Å². The molecule has 33 heavy (non-hydrogen) atoms. The summed E-state index contributed by atoms with van der Waals surface area (Å²) >= 11 is 0.392. The molecule has 4 aliphatic rings. The van der Waals surface area contributed by atoms with Crippen LogP contribution < -0.4 is 0 Å². The lowest BCUT2D eigenvalue weighted by molar-refractivity contribution is -0.226. The minimum absolute atomic E-state index is 0.00724. The summed E-state index contributed by atoms with van der Waals surface area (Å²) in [5.74, 6) is -2.66. The van der Waals surface area contributed by atoms with Gasteiger partial charge in [-0.15, -0.1) is 0 Å². The third kappa shape index (κ3) is 3.07. The SMILES string of the molecule is CCC(=O)O[C@]1(C(=O)SCF)CC[C@H]2C3C[C@H](F)C4=CC(=O)C=CC4(C)[C@@]3(F)C(O)CC21C. The van der Waals surface area contributed by atoms with E-state index in [1.165, 1.54) is 19.1 Å². The molecule has 0 heterocycles. The van der Waals surface area contributed by atoms with Gasteiger partial charge in [0.15, 0.2) is 17.1 Å². The highest BCUT2D eigenvalue weighted by molar-refractivity contribution is 8.13. The number of allylic oxidation sites excluding steroid dienone is 4. The maximum absolute atomic E-state index is 17.1. The van der Waals surface area contributed by atoms with Crippen LogP contribution in [0.4, 0.5) is 13.2 Å². The van der Waals surface area contributed by atoms with Crippen molar-refractivity contribution in [2.45, 2.75) is 76.4 Å². The van der Waals surface area contributed by atoms with E-state index in [0.29, 0.717) is 11.8 Å². The van der Waals surface area contributed by atoms with Crippen molar-refractivity contribution >= 4 is 28.6 Å². The van der Waals surface area contributed by atoms with Crippen molar-refractivity contribution < 1.29 is 37.4 Å². The third-order valence-electron chi connectivity index (χ3n) is 8.84. The number of ketones is 1. The number of rotatable bonds is 4. The van der Waals surface area contributed by atoms with Crippen LogP contribution in [0.2, 0.25) is 0 Å². The number of carbonyl (C=O) groups is 3. The smallest absolute Gasteiger partial charge is 0.306 e. The molecule has 4 rings (SSSR count). The summed E-state index contributed by atoms with van der Waals surface area (Å²) in [6.07, 6.45) is 0.261. The Morgan fingerprint density at radius 2 is 2.00 bits per heavy atom. The number of hydrogen-bond acceptors (Lipinski definition) is 6. The number of alkyl halides is 3. The Hall–Kier alpha value is -1.61. The molecule has 0 saturated heterocycles. The average Bonchev–Trinajstić information content (AvgIpc) is 3.04. The van der Waals surface area contributed by atoms with E-state index in [4.69, 9.17) is 4.74 Å². The van der Waals surface area contributed by atoms with Gasteiger partial charge in [0, 0.05) is 23.2 Å². The molecule has 5 nitrogen and oxygen atoms in total. The van der Waals surface area contributed by atoms with Gasteiger partial charge in [-0.25, -0.2) is 13.2 Å². The summed E-state index contributed by atoms with van der Waals surface area (Å²) in [5, 5.41) is 10.6. The van der Waals surface area contributed by atoms with Crippen LogP contribution in [0.25, 0.3) is 0 Å². The first kappa shape index (κ1) is 24.5. The molecule has 9 heteroatoms. The fraction of sp³-hybridized carbons (Fsp3) is 0.708. The second kappa shape index (κ2) is 7.97. The zero-order chi connectivity index (χ0) is 24.4. The first-order chi connectivity index (χ1) is 15.4. The standard InChI is InChI=1S/C24H29F3O5S/c1-4-19(30)32-23(20(31)33-12-25)8-6-14-15-10-17(26)16-9-13(28)5-7-21(16,2)24(15,27)18(29)11-22(14,23)3/h5,7,9,14-15,17-18,29H,4,6,8,10-12H2,1-3H3/t14-,15?,17-,18?,21?,22?,23-,24-/m0/s1. The molecule has 0 aliphatic heterocycles. The zero-order valence-electron chi connectivity index (χ0n) is 18.9. The molecule has 4 aliphatic carbocycles. The number of ether oxygens (including phenoxy) is 1. The number of halogens is 3. The van der Waals surface area contributed by atoms with Crippen molar-refractivity contribution in [2.24, 2.45) is 22.7 Å². The van der Waals surface area contributed by atoms with E-state index in [1.807, 2.05) is 0 Å². The summed E-state index contributed by atoms with van der Waals surface area (Å²) in [4.78, 5) is 37.4. The molecule has 8 atom stereocenters. The first-order valence-corrected chi connectivity index (χ1v) is 12.3. The van der Waals surface area contributed by atoms with Gasteiger partial charge in [-0.1, -0.05) is 19.9 Å². The van der Waals surface area contributed by atoms with Gasteiger partial charge in [-0.2, -0.15) is 0 Å². The van der Waals surface area contributed by atoms with Crippen molar-refractivity contribution in [2.75, 3.05) is 6.01 Å². The molecular weight excluding hydrogens is 457 g/mol. The molecule has 1 N–H and O–H groups in total. The number of aliphatic hydroxyl groups is 1. The highest BCUT2D eigenvalue weighted by Crippen LogP contribution is 2.71. The maximum atomic E-state index is 17.1. The van der Waals surface area contributed by atoms with Crippen molar-refractivity contribution in [1.82, 2.24) is 0 Å².